The van der Waals surface area contributed by atoms with E-state index in [9.17, 15) is 4.79 Å². The SMILES string of the molecule is NCC1(C(=O)Nc2ccc(Cl)c3ncccc23)CCCC1. The lowest BCUT2D eigenvalue weighted by Crippen LogP contribution is -2.40. The molecule has 1 aromatic carbocycles. The molecule has 0 spiro atoms. The molecular weight excluding hydrogens is 286 g/mol. The molecule has 3 N–H and O–H groups in total. The summed E-state index contributed by atoms with van der Waals surface area (Å²) >= 11 is 6.15. The summed E-state index contributed by atoms with van der Waals surface area (Å²) in [4.78, 5) is 16.9. The van der Waals surface area contributed by atoms with Crippen LogP contribution < -0.4 is 11.1 Å². The van der Waals surface area contributed by atoms with E-state index in [1.807, 2.05) is 18.2 Å². The van der Waals surface area contributed by atoms with Gasteiger partial charge in [-0.3, -0.25) is 9.78 Å². The Morgan fingerprint density at radius 2 is 2.10 bits per heavy atom. The minimum Gasteiger partial charge on any atom is -0.329 e. The third-order valence-corrected chi connectivity index (χ3v) is 4.71. The number of carbonyl (C=O) groups excluding carboxylic acids is 1. The molecule has 0 unspecified atom stereocenters. The number of hydrogen-bond acceptors (Lipinski definition) is 3. The maximum Gasteiger partial charge on any atom is 0.231 e. The Morgan fingerprint density at radius 1 is 1.33 bits per heavy atom. The van der Waals surface area contributed by atoms with E-state index in [-0.39, 0.29) is 5.91 Å². The summed E-state index contributed by atoms with van der Waals surface area (Å²) in [5.74, 6) is 0.00924. The van der Waals surface area contributed by atoms with E-state index in [1.54, 1.807) is 12.3 Å². The van der Waals surface area contributed by atoms with E-state index in [0.717, 1.165) is 36.8 Å². The Balaban J connectivity index is 1.95. The average Bonchev–Trinajstić information content (AvgIpc) is 3.00. The van der Waals surface area contributed by atoms with E-state index in [2.05, 4.69) is 10.3 Å². The van der Waals surface area contributed by atoms with Crippen molar-refractivity contribution in [2.75, 3.05) is 11.9 Å². The highest BCUT2D eigenvalue weighted by Crippen LogP contribution is 2.39. The monoisotopic (exact) mass is 303 g/mol. The first-order chi connectivity index (χ1) is 10.2. The van der Waals surface area contributed by atoms with Crippen LogP contribution in [0.15, 0.2) is 30.5 Å². The highest BCUT2D eigenvalue weighted by atomic mass is 35.5. The maximum absolute atomic E-state index is 12.7. The van der Waals surface area contributed by atoms with Gasteiger partial charge in [0.1, 0.15) is 0 Å². The van der Waals surface area contributed by atoms with Gasteiger partial charge in [-0.1, -0.05) is 24.4 Å². The summed E-state index contributed by atoms with van der Waals surface area (Å²) < 4.78 is 0. The number of anilines is 1. The molecule has 2 aromatic rings. The van der Waals surface area contributed by atoms with Crippen LogP contribution in [0, 0.1) is 5.41 Å². The number of halogens is 1. The lowest BCUT2D eigenvalue weighted by atomic mass is 9.85. The van der Waals surface area contributed by atoms with Gasteiger partial charge in [0.05, 0.1) is 21.6 Å². The molecule has 0 saturated heterocycles. The number of benzene rings is 1. The van der Waals surface area contributed by atoms with Crippen LogP contribution in [0.1, 0.15) is 25.7 Å². The quantitative estimate of drug-likeness (QED) is 0.913. The summed E-state index contributed by atoms with van der Waals surface area (Å²) in [7, 11) is 0. The Bertz CT molecular complexity index is 680. The normalized spacial score (nSPS) is 17.0. The molecular formula is C16H18ClN3O. The molecule has 0 aliphatic heterocycles. The van der Waals surface area contributed by atoms with E-state index < -0.39 is 5.41 Å². The fourth-order valence-electron chi connectivity index (χ4n) is 3.08. The molecule has 0 bridgehead atoms. The molecule has 3 rings (SSSR count). The van der Waals surface area contributed by atoms with Crippen LogP contribution in [0.5, 0.6) is 0 Å². The van der Waals surface area contributed by atoms with Gasteiger partial charge >= 0.3 is 0 Å². The third kappa shape index (κ3) is 2.49. The summed E-state index contributed by atoms with van der Waals surface area (Å²) in [6.07, 6.45) is 5.54. The van der Waals surface area contributed by atoms with Crippen molar-refractivity contribution in [3.05, 3.63) is 35.5 Å². The number of amides is 1. The summed E-state index contributed by atoms with van der Waals surface area (Å²) in [6, 6.07) is 7.33. The van der Waals surface area contributed by atoms with Crippen molar-refractivity contribution in [3.63, 3.8) is 0 Å². The van der Waals surface area contributed by atoms with Crippen molar-refractivity contribution in [2.24, 2.45) is 11.1 Å². The van der Waals surface area contributed by atoms with Gasteiger partial charge in [-0.05, 0) is 37.1 Å². The summed E-state index contributed by atoms with van der Waals surface area (Å²) in [5, 5.41) is 4.46. The number of nitrogens with two attached hydrogens (primary N) is 1. The molecule has 0 atom stereocenters. The minimum atomic E-state index is -0.422. The van der Waals surface area contributed by atoms with Gasteiger partial charge in [-0.25, -0.2) is 0 Å². The lowest BCUT2D eigenvalue weighted by molar-refractivity contribution is -0.124. The second-order valence-corrected chi connectivity index (χ2v) is 6.05. The van der Waals surface area contributed by atoms with E-state index in [4.69, 9.17) is 17.3 Å². The van der Waals surface area contributed by atoms with E-state index in [1.165, 1.54) is 0 Å². The maximum atomic E-state index is 12.7. The topological polar surface area (TPSA) is 68.0 Å². The Morgan fingerprint density at radius 3 is 2.81 bits per heavy atom. The highest BCUT2D eigenvalue weighted by molar-refractivity contribution is 6.35. The van der Waals surface area contributed by atoms with Crippen molar-refractivity contribution in [2.45, 2.75) is 25.7 Å². The van der Waals surface area contributed by atoms with Crippen molar-refractivity contribution < 1.29 is 4.79 Å². The first-order valence-electron chi connectivity index (χ1n) is 7.21. The van der Waals surface area contributed by atoms with Gasteiger partial charge in [0.25, 0.3) is 0 Å². The molecule has 1 heterocycles. The number of nitrogens with one attached hydrogen (secondary N) is 1. The van der Waals surface area contributed by atoms with Gasteiger partial charge in [0.2, 0.25) is 5.91 Å². The second kappa shape index (κ2) is 5.62. The van der Waals surface area contributed by atoms with E-state index in [0.29, 0.717) is 17.1 Å². The molecule has 21 heavy (non-hydrogen) atoms. The molecule has 1 aliphatic rings. The van der Waals surface area contributed by atoms with E-state index >= 15 is 0 Å². The van der Waals surface area contributed by atoms with Gasteiger partial charge in [0.15, 0.2) is 0 Å². The number of fused-ring (bicyclic) bond motifs is 1. The summed E-state index contributed by atoms with van der Waals surface area (Å²) in [5.41, 5.74) is 6.89. The van der Waals surface area contributed by atoms with Crippen LogP contribution in [0.2, 0.25) is 5.02 Å². The molecule has 1 saturated carbocycles. The van der Waals surface area contributed by atoms with Crippen molar-refractivity contribution >= 4 is 34.1 Å². The fraction of sp³-hybridized carbons (Fsp3) is 0.375. The van der Waals surface area contributed by atoms with Crippen LogP contribution >= 0.6 is 11.6 Å². The van der Waals surface area contributed by atoms with Gasteiger partial charge in [-0.2, -0.15) is 0 Å². The zero-order valence-electron chi connectivity index (χ0n) is 11.7. The van der Waals surface area contributed by atoms with Crippen LogP contribution in [0.3, 0.4) is 0 Å². The Hall–Kier alpha value is -1.65. The average molecular weight is 304 g/mol. The standard InChI is InChI=1S/C16H18ClN3O/c17-12-5-6-13(11-4-3-9-19-14(11)12)20-15(21)16(10-18)7-1-2-8-16/h3-6,9H,1-2,7-8,10,18H2,(H,20,21). The molecule has 0 radical (unpaired) electrons. The van der Waals surface area contributed by atoms with Crippen molar-refractivity contribution in [1.29, 1.82) is 0 Å². The molecule has 1 aliphatic carbocycles. The number of aromatic nitrogens is 1. The number of pyridine rings is 1. The second-order valence-electron chi connectivity index (χ2n) is 5.64. The number of nitrogens with zero attached hydrogens (tertiary/aromatic N) is 1. The van der Waals surface area contributed by atoms with Crippen LogP contribution in [-0.2, 0) is 4.79 Å². The number of rotatable bonds is 3. The minimum absolute atomic E-state index is 0.00924. The largest absolute Gasteiger partial charge is 0.329 e. The van der Waals surface area contributed by atoms with Gasteiger partial charge in [-0.15, -0.1) is 0 Å². The predicted octanol–water partition coefficient (Wildman–Crippen LogP) is 3.35. The van der Waals surface area contributed by atoms with Gasteiger partial charge in [0, 0.05) is 18.1 Å². The Kier molecular flexibility index (Phi) is 3.83. The molecule has 110 valence electrons. The first kappa shape index (κ1) is 14.3. The lowest BCUT2D eigenvalue weighted by Gasteiger charge is -2.26. The summed E-state index contributed by atoms with van der Waals surface area (Å²) in [6.45, 7) is 0.391. The number of carbonyl (C=O) groups is 1. The predicted molar refractivity (Wildman–Crippen MR) is 85.3 cm³/mol. The molecule has 5 heteroatoms. The number of hydrogen-bond donors (Lipinski definition) is 2. The fourth-order valence-corrected chi connectivity index (χ4v) is 3.29. The smallest absolute Gasteiger partial charge is 0.231 e. The van der Waals surface area contributed by atoms with Crippen molar-refractivity contribution in [3.8, 4) is 0 Å². The van der Waals surface area contributed by atoms with Gasteiger partial charge < -0.3 is 11.1 Å². The first-order valence-corrected chi connectivity index (χ1v) is 7.59. The van der Waals surface area contributed by atoms with Crippen LogP contribution in [0.4, 0.5) is 5.69 Å². The van der Waals surface area contributed by atoms with Crippen LogP contribution in [-0.4, -0.2) is 17.4 Å². The zero-order chi connectivity index (χ0) is 14.9. The van der Waals surface area contributed by atoms with Crippen molar-refractivity contribution in [1.82, 2.24) is 4.98 Å². The van der Waals surface area contributed by atoms with Crippen LogP contribution in [0.25, 0.3) is 10.9 Å². The molecule has 4 nitrogen and oxygen atoms in total. The highest BCUT2D eigenvalue weighted by Gasteiger charge is 2.39. The molecule has 1 aromatic heterocycles. The third-order valence-electron chi connectivity index (χ3n) is 4.40. The molecule has 1 fully saturated rings. The molecule has 1 amide bonds. The Labute approximate surface area is 128 Å². The zero-order valence-corrected chi connectivity index (χ0v) is 12.5.